The largest absolute Gasteiger partial charge is 0.352 e. The predicted molar refractivity (Wildman–Crippen MR) is 136 cm³/mol. The molecule has 180 valence electrons. The molecule has 2 amide bonds. The van der Waals surface area contributed by atoms with Gasteiger partial charge in [-0.3, -0.25) is 13.9 Å². The Balaban J connectivity index is 2.38. The topological polar surface area (TPSA) is 86.8 Å². The van der Waals surface area contributed by atoms with Crippen LogP contribution in [0.2, 0.25) is 5.02 Å². The Labute approximate surface area is 209 Å². The van der Waals surface area contributed by atoms with Crippen LogP contribution in [0.3, 0.4) is 0 Å². The van der Waals surface area contributed by atoms with Crippen LogP contribution in [-0.2, 0) is 26.2 Å². The molecule has 0 aromatic heterocycles. The monoisotopic (exact) mass is 557 g/mol. The smallest absolute Gasteiger partial charge is 0.244 e. The highest BCUT2D eigenvalue weighted by molar-refractivity contribution is 9.10. The average Bonchev–Trinajstić information content (AvgIpc) is 2.74. The zero-order chi connectivity index (χ0) is 24.8. The minimum Gasteiger partial charge on any atom is -0.352 e. The quantitative estimate of drug-likeness (QED) is 0.474. The summed E-state index contributed by atoms with van der Waals surface area (Å²) >= 11 is 9.46. The van der Waals surface area contributed by atoms with Crippen LogP contribution in [0, 0.1) is 0 Å². The molecular weight excluding hydrogens is 530 g/mol. The average molecular weight is 559 g/mol. The number of carbonyl (C=O) groups is 2. The fraction of sp³-hybridized carbons (Fsp3) is 0.391. The number of hydrogen-bond donors (Lipinski definition) is 1. The summed E-state index contributed by atoms with van der Waals surface area (Å²) < 4.78 is 26.9. The predicted octanol–water partition coefficient (Wildman–Crippen LogP) is 4.20. The number of halogens is 2. The summed E-state index contributed by atoms with van der Waals surface area (Å²) in [7, 11) is -3.79. The van der Waals surface area contributed by atoms with Crippen LogP contribution >= 0.6 is 27.5 Å². The van der Waals surface area contributed by atoms with E-state index in [1.807, 2.05) is 38.1 Å². The molecule has 1 N–H and O–H groups in total. The van der Waals surface area contributed by atoms with Crippen LogP contribution in [0.15, 0.2) is 53.0 Å². The number of rotatable bonds is 10. The van der Waals surface area contributed by atoms with E-state index in [4.69, 9.17) is 11.6 Å². The SMILES string of the molecule is CC[C@@H](C)NC(=O)[C@H](C)N(Cc1cccc(Br)c1)C(=O)CN(c1cccc(Cl)c1)S(C)(=O)=O. The first-order valence-electron chi connectivity index (χ1n) is 10.5. The Kier molecular flexibility index (Phi) is 9.75. The van der Waals surface area contributed by atoms with Crippen molar-refractivity contribution in [2.75, 3.05) is 17.1 Å². The minimum atomic E-state index is -3.79. The van der Waals surface area contributed by atoms with E-state index in [-0.39, 0.29) is 24.2 Å². The van der Waals surface area contributed by atoms with Crippen molar-refractivity contribution in [1.82, 2.24) is 10.2 Å². The molecule has 0 radical (unpaired) electrons. The third-order valence-electron chi connectivity index (χ3n) is 5.19. The van der Waals surface area contributed by atoms with Gasteiger partial charge < -0.3 is 10.2 Å². The Morgan fingerprint density at radius 2 is 1.79 bits per heavy atom. The number of amides is 2. The van der Waals surface area contributed by atoms with E-state index in [9.17, 15) is 18.0 Å². The number of hydrogen-bond acceptors (Lipinski definition) is 4. The fourth-order valence-corrected chi connectivity index (χ4v) is 4.60. The van der Waals surface area contributed by atoms with Crippen molar-refractivity contribution < 1.29 is 18.0 Å². The maximum absolute atomic E-state index is 13.4. The molecule has 7 nitrogen and oxygen atoms in total. The first-order chi connectivity index (χ1) is 15.4. The molecule has 0 bridgehead atoms. The van der Waals surface area contributed by atoms with Crippen LogP contribution in [0.1, 0.15) is 32.8 Å². The molecule has 2 aromatic carbocycles. The molecule has 0 spiro atoms. The van der Waals surface area contributed by atoms with Gasteiger partial charge >= 0.3 is 0 Å². The molecular formula is C23H29BrClN3O4S. The van der Waals surface area contributed by atoms with Crippen molar-refractivity contribution in [2.24, 2.45) is 0 Å². The van der Waals surface area contributed by atoms with Crippen molar-refractivity contribution in [1.29, 1.82) is 0 Å². The molecule has 0 saturated carbocycles. The van der Waals surface area contributed by atoms with Crippen molar-refractivity contribution in [2.45, 2.75) is 45.8 Å². The third-order valence-corrected chi connectivity index (χ3v) is 7.05. The number of carbonyl (C=O) groups excluding carboxylic acids is 2. The Hall–Kier alpha value is -2.10. The summed E-state index contributed by atoms with van der Waals surface area (Å²) in [6, 6.07) is 12.8. The first-order valence-corrected chi connectivity index (χ1v) is 13.5. The minimum absolute atomic E-state index is 0.0539. The van der Waals surface area contributed by atoms with E-state index in [1.54, 1.807) is 25.1 Å². The van der Waals surface area contributed by atoms with E-state index in [1.165, 1.54) is 11.0 Å². The van der Waals surface area contributed by atoms with E-state index >= 15 is 0 Å². The van der Waals surface area contributed by atoms with Crippen molar-refractivity contribution in [3.63, 3.8) is 0 Å². The zero-order valence-corrected chi connectivity index (χ0v) is 22.2. The van der Waals surface area contributed by atoms with Crippen LogP contribution in [0.5, 0.6) is 0 Å². The maximum atomic E-state index is 13.4. The van der Waals surface area contributed by atoms with Crippen molar-refractivity contribution in [3.05, 3.63) is 63.6 Å². The van der Waals surface area contributed by atoms with Gasteiger partial charge in [-0.05, 0) is 56.2 Å². The van der Waals surface area contributed by atoms with Gasteiger partial charge in [-0.15, -0.1) is 0 Å². The number of sulfonamides is 1. The third kappa shape index (κ3) is 8.01. The Morgan fingerprint density at radius 1 is 1.12 bits per heavy atom. The summed E-state index contributed by atoms with van der Waals surface area (Å²) in [5, 5.41) is 3.24. The fourth-order valence-electron chi connectivity index (χ4n) is 3.13. The summed E-state index contributed by atoms with van der Waals surface area (Å²) in [5.41, 5.74) is 1.08. The molecule has 0 aliphatic carbocycles. The number of benzene rings is 2. The molecule has 2 rings (SSSR count). The van der Waals surface area contributed by atoms with Crippen LogP contribution in [0.25, 0.3) is 0 Å². The maximum Gasteiger partial charge on any atom is 0.244 e. The summed E-state index contributed by atoms with van der Waals surface area (Å²) in [4.78, 5) is 27.7. The van der Waals surface area contributed by atoms with Gasteiger partial charge in [0.2, 0.25) is 21.8 Å². The number of nitrogens with zero attached hydrogens (tertiary/aromatic N) is 2. The van der Waals surface area contributed by atoms with E-state index in [2.05, 4.69) is 21.2 Å². The Bertz CT molecular complexity index is 1100. The highest BCUT2D eigenvalue weighted by atomic mass is 79.9. The van der Waals surface area contributed by atoms with Gasteiger partial charge in [-0.25, -0.2) is 8.42 Å². The Morgan fingerprint density at radius 3 is 2.36 bits per heavy atom. The lowest BCUT2D eigenvalue weighted by atomic mass is 10.1. The molecule has 2 atom stereocenters. The molecule has 2 aromatic rings. The number of anilines is 1. The van der Waals surface area contributed by atoms with Gasteiger partial charge in [0.25, 0.3) is 0 Å². The van der Waals surface area contributed by atoms with Gasteiger partial charge in [-0.2, -0.15) is 0 Å². The summed E-state index contributed by atoms with van der Waals surface area (Å²) in [6.45, 7) is 5.15. The van der Waals surface area contributed by atoms with Gasteiger partial charge in [-0.1, -0.05) is 52.7 Å². The number of nitrogens with one attached hydrogen (secondary N) is 1. The lowest BCUT2D eigenvalue weighted by Crippen LogP contribution is -2.52. The standard InChI is InChI=1S/C23H29BrClN3O4S/c1-5-16(2)26-23(30)17(3)27(14-18-8-6-9-19(24)12-18)22(29)15-28(33(4,31)32)21-11-7-10-20(25)13-21/h6-13,16-17H,5,14-15H2,1-4H3,(H,26,30)/t16-,17+/m1/s1. The molecule has 0 saturated heterocycles. The van der Waals surface area contributed by atoms with Crippen LogP contribution in [-0.4, -0.2) is 50.0 Å². The lowest BCUT2D eigenvalue weighted by Gasteiger charge is -2.32. The summed E-state index contributed by atoms with van der Waals surface area (Å²) in [5.74, 6) is -0.812. The molecule has 33 heavy (non-hydrogen) atoms. The van der Waals surface area contributed by atoms with E-state index in [0.717, 1.165) is 27.0 Å². The van der Waals surface area contributed by atoms with Crippen molar-refractivity contribution >= 4 is 55.1 Å². The lowest BCUT2D eigenvalue weighted by molar-refractivity contribution is -0.139. The second-order valence-corrected chi connectivity index (χ2v) is 11.2. The van der Waals surface area contributed by atoms with Gasteiger partial charge in [0.1, 0.15) is 12.6 Å². The first kappa shape index (κ1) is 27.1. The highest BCUT2D eigenvalue weighted by Gasteiger charge is 2.30. The molecule has 0 unspecified atom stereocenters. The normalized spacial score (nSPS) is 13.2. The van der Waals surface area contributed by atoms with E-state index in [0.29, 0.717) is 5.02 Å². The van der Waals surface area contributed by atoms with Gasteiger partial charge in [0, 0.05) is 22.1 Å². The molecule has 0 aliphatic heterocycles. The van der Waals surface area contributed by atoms with Crippen molar-refractivity contribution in [3.8, 4) is 0 Å². The second-order valence-electron chi connectivity index (χ2n) is 7.89. The van der Waals surface area contributed by atoms with Gasteiger partial charge in [0.05, 0.1) is 11.9 Å². The zero-order valence-electron chi connectivity index (χ0n) is 19.1. The molecule has 10 heteroatoms. The molecule has 0 aliphatic rings. The van der Waals surface area contributed by atoms with Crippen LogP contribution in [0.4, 0.5) is 5.69 Å². The van der Waals surface area contributed by atoms with E-state index < -0.39 is 28.5 Å². The summed E-state index contributed by atoms with van der Waals surface area (Å²) in [6.07, 6.45) is 1.77. The van der Waals surface area contributed by atoms with Gasteiger partial charge in [0.15, 0.2) is 0 Å². The molecule has 0 heterocycles. The highest BCUT2D eigenvalue weighted by Crippen LogP contribution is 2.23. The molecule has 0 fully saturated rings. The van der Waals surface area contributed by atoms with Crippen LogP contribution < -0.4 is 9.62 Å². The second kappa shape index (κ2) is 11.9.